The fourth-order valence-electron chi connectivity index (χ4n) is 2.60. The molecule has 2 aliphatic rings. The van der Waals surface area contributed by atoms with E-state index in [2.05, 4.69) is 13.8 Å². The number of amides is 2. The minimum atomic E-state index is 0.126. The highest BCUT2D eigenvalue weighted by Crippen LogP contribution is 2.25. The molecule has 0 saturated carbocycles. The Morgan fingerprint density at radius 3 is 2.84 bits per heavy atom. The average molecular weight is 284 g/mol. The van der Waals surface area contributed by atoms with E-state index in [0.29, 0.717) is 17.6 Å². The summed E-state index contributed by atoms with van der Waals surface area (Å²) in [5.41, 5.74) is 0. The van der Waals surface area contributed by atoms with Gasteiger partial charge in [0.1, 0.15) is 0 Å². The monoisotopic (exact) mass is 284 g/mol. The molecule has 108 valence electrons. The van der Waals surface area contributed by atoms with Crippen LogP contribution in [0.1, 0.15) is 33.1 Å². The molecule has 0 aromatic heterocycles. The van der Waals surface area contributed by atoms with Crippen molar-refractivity contribution in [1.82, 2.24) is 9.80 Å². The van der Waals surface area contributed by atoms with Crippen molar-refractivity contribution in [1.29, 1.82) is 0 Å². The molecule has 19 heavy (non-hydrogen) atoms. The number of piperidine rings is 1. The molecule has 0 spiro atoms. The van der Waals surface area contributed by atoms with Gasteiger partial charge < -0.3 is 9.80 Å². The molecule has 2 fully saturated rings. The number of rotatable bonds is 3. The second-order valence-electron chi connectivity index (χ2n) is 5.77. The maximum absolute atomic E-state index is 12.3. The van der Waals surface area contributed by atoms with E-state index < -0.39 is 0 Å². The highest BCUT2D eigenvalue weighted by atomic mass is 32.2. The molecule has 4 nitrogen and oxygen atoms in total. The predicted molar refractivity (Wildman–Crippen MR) is 78.1 cm³/mol. The van der Waals surface area contributed by atoms with Crippen molar-refractivity contribution in [2.24, 2.45) is 5.92 Å². The fraction of sp³-hybridized carbons (Fsp3) is 0.857. The number of carbonyl (C=O) groups excluding carboxylic acids is 2. The second kappa shape index (κ2) is 6.64. The van der Waals surface area contributed by atoms with Crippen LogP contribution in [-0.4, -0.2) is 58.8 Å². The van der Waals surface area contributed by atoms with Crippen molar-refractivity contribution in [2.75, 3.05) is 31.9 Å². The van der Waals surface area contributed by atoms with Crippen LogP contribution in [0.25, 0.3) is 0 Å². The van der Waals surface area contributed by atoms with Gasteiger partial charge >= 0.3 is 0 Å². The minimum Gasteiger partial charge on any atom is -0.339 e. The maximum atomic E-state index is 12.3. The summed E-state index contributed by atoms with van der Waals surface area (Å²) in [4.78, 5) is 27.7. The molecule has 5 heteroatoms. The van der Waals surface area contributed by atoms with Crippen LogP contribution in [0.15, 0.2) is 0 Å². The fourth-order valence-corrected chi connectivity index (χ4v) is 3.90. The standard InChI is InChI=1S/C14H24N2O2S/c1-11(2)12-9-16(7-8-19-12)14(18)10-15-6-4-3-5-13(15)17/h11-12H,3-10H2,1-2H3. The number of hydrogen-bond acceptors (Lipinski definition) is 3. The Bertz CT molecular complexity index is 346. The minimum absolute atomic E-state index is 0.126. The second-order valence-corrected chi connectivity index (χ2v) is 7.11. The van der Waals surface area contributed by atoms with E-state index in [1.807, 2.05) is 16.7 Å². The van der Waals surface area contributed by atoms with Crippen LogP contribution in [0.4, 0.5) is 0 Å². The van der Waals surface area contributed by atoms with Crippen LogP contribution in [0, 0.1) is 5.92 Å². The van der Waals surface area contributed by atoms with Gasteiger partial charge in [0.25, 0.3) is 0 Å². The Balaban J connectivity index is 1.86. The molecule has 0 aromatic rings. The lowest BCUT2D eigenvalue weighted by molar-refractivity contribution is -0.141. The Labute approximate surface area is 119 Å². The van der Waals surface area contributed by atoms with Gasteiger partial charge in [0.15, 0.2) is 0 Å². The van der Waals surface area contributed by atoms with Crippen LogP contribution in [0.2, 0.25) is 0 Å². The van der Waals surface area contributed by atoms with Gasteiger partial charge in [-0.05, 0) is 18.8 Å². The molecule has 0 aliphatic carbocycles. The Hall–Kier alpha value is -0.710. The molecular weight excluding hydrogens is 260 g/mol. The molecule has 0 bridgehead atoms. The van der Waals surface area contributed by atoms with Crippen molar-refractivity contribution in [2.45, 2.75) is 38.4 Å². The average Bonchev–Trinajstić information content (AvgIpc) is 2.41. The summed E-state index contributed by atoms with van der Waals surface area (Å²) >= 11 is 1.96. The van der Waals surface area contributed by atoms with Crippen LogP contribution in [0.5, 0.6) is 0 Å². The van der Waals surface area contributed by atoms with Gasteiger partial charge in [-0.15, -0.1) is 0 Å². The summed E-state index contributed by atoms with van der Waals surface area (Å²) in [6.07, 6.45) is 2.61. The zero-order valence-corrected chi connectivity index (χ0v) is 12.7. The number of nitrogens with zero attached hydrogens (tertiary/aromatic N) is 2. The van der Waals surface area contributed by atoms with Gasteiger partial charge in [0.2, 0.25) is 11.8 Å². The van der Waals surface area contributed by atoms with Crippen LogP contribution >= 0.6 is 11.8 Å². The molecule has 2 rings (SSSR count). The largest absolute Gasteiger partial charge is 0.339 e. The summed E-state index contributed by atoms with van der Waals surface area (Å²) in [5.74, 6) is 1.88. The van der Waals surface area contributed by atoms with Gasteiger partial charge in [0, 0.05) is 37.1 Å². The van der Waals surface area contributed by atoms with E-state index in [1.165, 1.54) is 0 Å². The quantitative estimate of drug-likeness (QED) is 0.790. The van der Waals surface area contributed by atoms with Crippen molar-refractivity contribution < 1.29 is 9.59 Å². The zero-order valence-electron chi connectivity index (χ0n) is 11.9. The first-order chi connectivity index (χ1) is 9.08. The first-order valence-electron chi connectivity index (χ1n) is 7.25. The third-order valence-electron chi connectivity index (χ3n) is 3.94. The molecule has 1 unspecified atom stereocenters. The lowest BCUT2D eigenvalue weighted by atomic mass is 10.1. The number of hydrogen-bond donors (Lipinski definition) is 0. The summed E-state index contributed by atoms with van der Waals surface area (Å²) in [6.45, 7) is 7.12. The number of likely N-dealkylation sites (tertiary alicyclic amines) is 1. The van der Waals surface area contributed by atoms with Crippen molar-refractivity contribution in [3.05, 3.63) is 0 Å². The molecule has 1 atom stereocenters. The Morgan fingerprint density at radius 1 is 1.37 bits per heavy atom. The Morgan fingerprint density at radius 2 is 2.16 bits per heavy atom. The molecule has 2 saturated heterocycles. The van der Waals surface area contributed by atoms with E-state index >= 15 is 0 Å². The smallest absolute Gasteiger partial charge is 0.242 e. The van der Waals surface area contributed by atoms with Gasteiger partial charge in [-0.3, -0.25) is 9.59 Å². The topological polar surface area (TPSA) is 40.6 Å². The number of carbonyl (C=O) groups is 2. The zero-order chi connectivity index (χ0) is 13.8. The summed E-state index contributed by atoms with van der Waals surface area (Å²) in [5, 5.41) is 0.537. The predicted octanol–water partition coefficient (Wildman–Crippen LogP) is 1.60. The highest BCUT2D eigenvalue weighted by molar-refractivity contribution is 8.00. The molecule has 0 aromatic carbocycles. The maximum Gasteiger partial charge on any atom is 0.242 e. The van der Waals surface area contributed by atoms with Crippen LogP contribution in [0.3, 0.4) is 0 Å². The van der Waals surface area contributed by atoms with Crippen LogP contribution in [-0.2, 0) is 9.59 Å². The Kier molecular flexibility index (Phi) is 5.13. The molecule has 2 heterocycles. The molecule has 0 N–H and O–H groups in total. The summed E-state index contributed by atoms with van der Waals surface area (Å²) in [7, 11) is 0. The van der Waals surface area contributed by atoms with Crippen molar-refractivity contribution >= 4 is 23.6 Å². The lowest BCUT2D eigenvalue weighted by Gasteiger charge is -2.36. The van der Waals surface area contributed by atoms with E-state index in [1.54, 1.807) is 4.90 Å². The van der Waals surface area contributed by atoms with E-state index in [-0.39, 0.29) is 18.4 Å². The first kappa shape index (κ1) is 14.7. The normalized spacial score (nSPS) is 25.0. The molecule has 2 aliphatic heterocycles. The van der Waals surface area contributed by atoms with Gasteiger partial charge in [-0.25, -0.2) is 0 Å². The summed E-state index contributed by atoms with van der Waals surface area (Å²) < 4.78 is 0. The van der Waals surface area contributed by atoms with Crippen LogP contribution < -0.4 is 0 Å². The van der Waals surface area contributed by atoms with Gasteiger partial charge in [0.05, 0.1) is 6.54 Å². The first-order valence-corrected chi connectivity index (χ1v) is 8.30. The van der Waals surface area contributed by atoms with Crippen molar-refractivity contribution in [3.63, 3.8) is 0 Å². The van der Waals surface area contributed by atoms with Crippen molar-refractivity contribution in [3.8, 4) is 0 Å². The van der Waals surface area contributed by atoms with Gasteiger partial charge in [-0.2, -0.15) is 11.8 Å². The molecule has 2 amide bonds. The highest BCUT2D eigenvalue weighted by Gasteiger charge is 2.28. The van der Waals surface area contributed by atoms with E-state index in [4.69, 9.17) is 0 Å². The van der Waals surface area contributed by atoms with Gasteiger partial charge in [-0.1, -0.05) is 13.8 Å². The van der Waals surface area contributed by atoms with E-state index in [9.17, 15) is 9.59 Å². The molecule has 0 radical (unpaired) electrons. The molecular formula is C14H24N2O2S. The third kappa shape index (κ3) is 3.88. The summed E-state index contributed by atoms with van der Waals surface area (Å²) in [6, 6.07) is 0. The number of thioether (sulfide) groups is 1. The van der Waals surface area contributed by atoms with E-state index in [0.717, 1.165) is 38.2 Å². The lowest BCUT2D eigenvalue weighted by Crippen LogP contribution is -2.49. The third-order valence-corrected chi connectivity index (χ3v) is 5.48. The SMILES string of the molecule is CC(C)C1CN(C(=O)CN2CCCCC2=O)CCS1.